The zero-order valence-corrected chi connectivity index (χ0v) is 16.4. The lowest BCUT2D eigenvalue weighted by Crippen LogP contribution is -2.27. The summed E-state index contributed by atoms with van der Waals surface area (Å²) in [6, 6.07) is 22.8. The second-order valence-corrected chi connectivity index (χ2v) is 7.15. The van der Waals surface area contributed by atoms with Crippen LogP contribution in [0.1, 0.15) is 20.7 Å². The lowest BCUT2D eigenvalue weighted by molar-refractivity contribution is 0.0692. The fraction of sp³-hybridized carbons (Fsp3) is 0.0833. The Morgan fingerprint density at radius 1 is 0.793 bits per heavy atom. The van der Waals surface area contributed by atoms with Gasteiger partial charge < -0.3 is 10.4 Å². The Morgan fingerprint density at radius 2 is 1.45 bits per heavy atom. The van der Waals surface area contributed by atoms with E-state index < -0.39 is 11.9 Å². The number of nitrogens with one attached hydrogen (secondary N) is 1. The first kappa shape index (κ1) is 19.0. The second kappa shape index (κ2) is 7.97. The van der Waals surface area contributed by atoms with Crippen LogP contribution in [0, 0.1) is 0 Å². The number of hydrogen-bond acceptors (Lipinski definition) is 3. The summed E-state index contributed by atoms with van der Waals surface area (Å²) in [7, 11) is 0. The predicted molar refractivity (Wildman–Crippen MR) is 120 cm³/mol. The number of carbonyl (C=O) groups excluding carboxylic acids is 1. The molecule has 4 rings (SSSR count). The quantitative estimate of drug-likeness (QED) is 0.412. The van der Waals surface area contributed by atoms with Gasteiger partial charge in [0.15, 0.2) is 0 Å². The molecule has 0 radical (unpaired) electrons. The molecule has 4 nitrogen and oxygen atoms in total. The van der Waals surface area contributed by atoms with E-state index in [0.717, 1.165) is 21.7 Å². The van der Waals surface area contributed by atoms with Gasteiger partial charge in [-0.15, -0.1) is 0 Å². The molecule has 4 aromatic rings. The topological polar surface area (TPSA) is 66.4 Å². The number of carboxylic acids is 1. The molecule has 0 unspecified atom stereocenters. The molecule has 0 aliphatic rings. The van der Waals surface area contributed by atoms with E-state index in [9.17, 15) is 14.7 Å². The van der Waals surface area contributed by atoms with Crippen molar-refractivity contribution in [3.8, 4) is 11.1 Å². The van der Waals surface area contributed by atoms with Crippen molar-refractivity contribution in [2.75, 3.05) is 12.3 Å². The highest BCUT2D eigenvalue weighted by Gasteiger charge is 2.25. The predicted octanol–water partition coefficient (Wildman–Crippen LogP) is 5.02. The largest absolute Gasteiger partial charge is 0.478 e. The number of fused-ring (bicyclic) bond motifs is 2. The summed E-state index contributed by atoms with van der Waals surface area (Å²) < 4.78 is 0. The minimum Gasteiger partial charge on any atom is -0.478 e. The molecule has 0 saturated heterocycles. The third kappa shape index (κ3) is 3.45. The van der Waals surface area contributed by atoms with Crippen molar-refractivity contribution < 1.29 is 14.7 Å². The van der Waals surface area contributed by atoms with Gasteiger partial charge >= 0.3 is 5.97 Å². The molecule has 0 aromatic heterocycles. The number of carboxylic acid groups (broad SMARTS) is 1. The summed E-state index contributed by atoms with van der Waals surface area (Å²) in [6.45, 7) is 0.355. The standard InChI is InChI=1S/C24H19NO3S/c26-23(25-12-13-29)21-18-10-4-2-7-16(18)14-20(22(21)24(27)28)19-11-5-8-15-6-1-3-9-17(15)19/h1-11,14,29H,12-13H2,(H,25,26)(H,27,28). The van der Waals surface area contributed by atoms with Crippen LogP contribution in [-0.4, -0.2) is 29.3 Å². The Hall–Kier alpha value is -3.31. The number of rotatable bonds is 5. The molecule has 0 atom stereocenters. The minimum atomic E-state index is -1.13. The van der Waals surface area contributed by atoms with Gasteiger partial charge in [-0.3, -0.25) is 4.79 Å². The lowest BCUT2D eigenvalue weighted by atomic mass is 9.88. The Morgan fingerprint density at radius 3 is 2.17 bits per heavy atom. The molecule has 5 heteroatoms. The van der Waals surface area contributed by atoms with E-state index in [1.807, 2.05) is 60.7 Å². The number of amides is 1. The molecule has 0 heterocycles. The lowest BCUT2D eigenvalue weighted by Gasteiger charge is -2.17. The Balaban J connectivity index is 2.10. The van der Waals surface area contributed by atoms with Gasteiger partial charge in [-0.05, 0) is 38.7 Å². The van der Waals surface area contributed by atoms with Gasteiger partial charge in [-0.25, -0.2) is 4.79 Å². The van der Waals surface area contributed by atoms with E-state index in [-0.39, 0.29) is 11.1 Å². The number of hydrogen-bond donors (Lipinski definition) is 3. The van der Waals surface area contributed by atoms with Crippen molar-refractivity contribution in [1.29, 1.82) is 0 Å². The van der Waals surface area contributed by atoms with Crippen LogP contribution in [-0.2, 0) is 0 Å². The van der Waals surface area contributed by atoms with Crippen molar-refractivity contribution in [3.63, 3.8) is 0 Å². The Labute approximate surface area is 173 Å². The van der Waals surface area contributed by atoms with Crippen LogP contribution in [0.25, 0.3) is 32.7 Å². The van der Waals surface area contributed by atoms with E-state index in [4.69, 9.17) is 0 Å². The third-order valence-electron chi connectivity index (χ3n) is 4.97. The van der Waals surface area contributed by atoms with Gasteiger partial charge in [-0.1, -0.05) is 66.7 Å². The van der Waals surface area contributed by atoms with Crippen molar-refractivity contribution in [1.82, 2.24) is 5.32 Å². The number of carbonyl (C=O) groups is 2. The zero-order chi connectivity index (χ0) is 20.4. The molecule has 144 valence electrons. The molecular weight excluding hydrogens is 382 g/mol. The monoisotopic (exact) mass is 401 g/mol. The zero-order valence-electron chi connectivity index (χ0n) is 15.6. The molecule has 1 amide bonds. The van der Waals surface area contributed by atoms with E-state index >= 15 is 0 Å². The number of benzene rings is 4. The maximum Gasteiger partial charge on any atom is 0.337 e. The average molecular weight is 401 g/mol. The van der Waals surface area contributed by atoms with Crippen LogP contribution in [0.3, 0.4) is 0 Å². The molecule has 4 aromatic carbocycles. The van der Waals surface area contributed by atoms with E-state index in [2.05, 4.69) is 17.9 Å². The van der Waals surface area contributed by atoms with Crippen LogP contribution in [0.4, 0.5) is 0 Å². The molecule has 29 heavy (non-hydrogen) atoms. The second-order valence-electron chi connectivity index (χ2n) is 6.71. The summed E-state index contributed by atoms with van der Waals surface area (Å²) in [5.74, 6) is -1.07. The van der Waals surface area contributed by atoms with Crippen molar-refractivity contribution in [2.45, 2.75) is 0 Å². The summed E-state index contributed by atoms with van der Waals surface area (Å²) in [4.78, 5) is 25.4. The highest BCUT2D eigenvalue weighted by molar-refractivity contribution is 7.80. The van der Waals surface area contributed by atoms with Gasteiger partial charge in [0, 0.05) is 12.3 Å². The van der Waals surface area contributed by atoms with E-state index in [1.54, 1.807) is 12.1 Å². The van der Waals surface area contributed by atoms with Crippen molar-refractivity contribution in [2.24, 2.45) is 0 Å². The first-order chi connectivity index (χ1) is 14.1. The highest BCUT2D eigenvalue weighted by atomic mass is 32.1. The van der Waals surface area contributed by atoms with Crippen LogP contribution in [0.5, 0.6) is 0 Å². The Bertz CT molecular complexity index is 1240. The average Bonchev–Trinajstić information content (AvgIpc) is 2.75. The third-order valence-corrected chi connectivity index (χ3v) is 5.19. The number of aromatic carboxylic acids is 1. The van der Waals surface area contributed by atoms with Gasteiger partial charge in [0.05, 0.1) is 11.1 Å². The van der Waals surface area contributed by atoms with Gasteiger partial charge in [0.25, 0.3) is 5.91 Å². The first-order valence-electron chi connectivity index (χ1n) is 9.28. The molecule has 2 N–H and O–H groups in total. The van der Waals surface area contributed by atoms with Gasteiger partial charge in [-0.2, -0.15) is 12.6 Å². The van der Waals surface area contributed by atoms with Crippen molar-refractivity contribution >= 4 is 46.1 Å². The maximum atomic E-state index is 13.0. The smallest absolute Gasteiger partial charge is 0.337 e. The Kier molecular flexibility index (Phi) is 5.23. The molecule has 0 aliphatic carbocycles. The van der Waals surface area contributed by atoms with Crippen LogP contribution >= 0.6 is 12.6 Å². The van der Waals surface area contributed by atoms with Crippen LogP contribution in [0.15, 0.2) is 72.8 Å². The fourth-order valence-electron chi connectivity index (χ4n) is 3.74. The minimum absolute atomic E-state index is 0.0108. The van der Waals surface area contributed by atoms with Crippen LogP contribution < -0.4 is 5.32 Å². The molecule has 0 aliphatic heterocycles. The first-order valence-corrected chi connectivity index (χ1v) is 9.91. The van der Waals surface area contributed by atoms with E-state index in [0.29, 0.717) is 23.2 Å². The summed E-state index contributed by atoms with van der Waals surface area (Å²) in [5, 5.41) is 16.3. The van der Waals surface area contributed by atoms with E-state index in [1.165, 1.54) is 0 Å². The van der Waals surface area contributed by atoms with Gasteiger partial charge in [0.2, 0.25) is 0 Å². The van der Waals surface area contributed by atoms with Gasteiger partial charge in [0.1, 0.15) is 0 Å². The van der Waals surface area contributed by atoms with Crippen molar-refractivity contribution in [3.05, 3.63) is 83.9 Å². The number of thiol groups is 1. The highest BCUT2D eigenvalue weighted by Crippen LogP contribution is 2.36. The SMILES string of the molecule is O=C(O)c1c(-c2cccc3ccccc23)cc2ccccc2c1C(=O)NCCS. The normalized spacial score (nSPS) is 10.9. The summed E-state index contributed by atoms with van der Waals surface area (Å²) in [6.07, 6.45) is 0. The fourth-order valence-corrected chi connectivity index (χ4v) is 3.85. The molecule has 0 bridgehead atoms. The molecule has 0 saturated carbocycles. The maximum absolute atomic E-state index is 13.0. The summed E-state index contributed by atoms with van der Waals surface area (Å²) >= 11 is 4.13. The van der Waals surface area contributed by atoms with Crippen LogP contribution in [0.2, 0.25) is 0 Å². The molecular formula is C24H19NO3S. The molecule has 0 spiro atoms. The molecule has 0 fully saturated rings. The summed E-state index contributed by atoms with van der Waals surface area (Å²) in [5.41, 5.74) is 1.51.